The van der Waals surface area contributed by atoms with Crippen LogP contribution in [0.1, 0.15) is 25.3 Å². The van der Waals surface area contributed by atoms with Crippen LogP contribution < -0.4 is 4.90 Å². The van der Waals surface area contributed by atoms with Crippen LogP contribution in [0.15, 0.2) is 27.6 Å². The van der Waals surface area contributed by atoms with Gasteiger partial charge in [0.2, 0.25) is 0 Å². The third-order valence-corrected chi connectivity index (χ3v) is 7.00. The van der Waals surface area contributed by atoms with Crippen molar-refractivity contribution in [2.24, 2.45) is 0 Å². The second-order valence-electron chi connectivity index (χ2n) is 6.29. The highest BCUT2D eigenvalue weighted by molar-refractivity contribution is 9.10. The number of halogens is 1. The monoisotopic (exact) mass is 504 g/mol. The van der Waals surface area contributed by atoms with E-state index < -0.39 is 21.8 Å². The smallest absolute Gasteiger partial charge is 0.267 e. The van der Waals surface area contributed by atoms with Crippen LogP contribution in [0, 0.1) is 0 Å². The van der Waals surface area contributed by atoms with Crippen molar-refractivity contribution in [2.75, 3.05) is 23.7 Å². The summed E-state index contributed by atoms with van der Waals surface area (Å²) in [7, 11) is -4.24. The number of anilines is 1. The predicted molar refractivity (Wildman–Crippen MR) is 117 cm³/mol. The summed E-state index contributed by atoms with van der Waals surface area (Å²) >= 11 is 9.59. The molecule has 2 amide bonds. The Morgan fingerprint density at radius 2 is 1.89 bits per heavy atom. The van der Waals surface area contributed by atoms with Crippen LogP contribution in [0.25, 0.3) is 5.57 Å². The highest BCUT2D eigenvalue weighted by Gasteiger charge is 2.42. The summed E-state index contributed by atoms with van der Waals surface area (Å²) < 4.78 is 31.9. The first kappa shape index (κ1) is 21.4. The van der Waals surface area contributed by atoms with E-state index in [2.05, 4.69) is 15.9 Å². The Kier molecular flexibility index (Phi) is 6.30. The summed E-state index contributed by atoms with van der Waals surface area (Å²) in [5.41, 5.74) is 1.66. The van der Waals surface area contributed by atoms with Gasteiger partial charge in [0.25, 0.3) is 21.9 Å². The molecule has 0 spiro atoms. The van der Waals surface area contributed by atoms with Crippen molar-refractivity contribution in [1.29, 1.82) is 0 Å². The van der Waals surface area contributed by atoms with Gasteiger partial charge in [-0.15, -0.1) is 0 Å². The van der Waals surface area contributed by atoms with E-state index in [1.54, 1.807) is 11.0 Å². The number of thiocarbonyl (C=S) groups is 1. The maximum Gasteiger partial charge on any atom is 0.267 e. The Hall–Kier alpha value is -1.27. The van der Waals surface area contributed by atoms with Gasteiger partial charge in [0.15, 0.2) is 0 Å². The first-order valence-electron chi connectivity index (χ1n) is 8.49. The zero-order valence-electron chi connectivity index (χ0n) is 14.8. The number of carbonyl (C=O) groups is 2. The van der Waals surface area contributed by atoms with E-state index in [-0.39, 0.29) is 27.3 Å². The van der Waals surface area contributed by atoms with E-state index in [4.69, 9.17) is 16.8 Å². The summed E-state index contributed by atoms with van der Waals surface area (Å²) in [6.45, 7) is 2.31. The number of amides is 2. The van der Waals surface area contributed by atoms with Crippen LogP contribution in [0.3, 0.4) is 0 Å². The Labute approximate surface area is 181 Å². The Balaban J connectivity index is 2.03. The van der Waals surface area contributed by atoms with Crippen molar-refractivity contribution in [3.63, 3.8) is 0 Å². The lowest BCUT2D eigenvalue weighted by molar-refractivity contribution is -0.122. The summed E-state index contributed by atoms with van der Waals surface area (Å²) in [4.78, 5) is 29.0. The molecule has 11 heteroatoms. The van der Waals surface area contributed by atoms with Crippen LogP contribution in [0.2, 0.25) is 0 Å². The molecule has 7 nitrogen and oxygen atoms in total. The molecule has 2 aliphatic heterocycles. The third-order valence-electron chi connectivity index (χ3n) is 4.36. The van der Waals surface area contributed by atoms with Gasteiger partial charge in [-0.2, -0.15) is 8.42 Å². The minimum absolute atomic E-state index is 0.160. The fraction of sp³-hybridized carbons (Fsp3) is 0.353. The molecule has 0 atom stereocenters. The molecule has 150 valence electrons. The number of unbranched alkanes of at least 4 members (excludes halogenated alkanes) is 1. The molecular formula is C17H17BrN2O5S3. The molecule has 28 heavy (non-hydrogen) atoms. The molecule has 2 heterocycles. The molecule has 1 N–H and O–H groups in total. The number of thioether (sulfide) groups is 1. The minimum atomic E-state index is -4.24. The predicted octanol–water partition coefficient (Wildman–Crippen LogP) is 3.06. The van der Waals surface area contributed by atoms with Gasteiger partial charge in [-0.25, -0.2) is 0 Å². The number of nitrogens with zero attached hydrogens (tertiary/aromatic N) is 2. The van der Waals surface area contributed by atoms with Gasteiger partial charge in [-0.3, -0.25) is 19.0 Å². The topological polar surface area (TPSA) is 95.0 Å². The lowest BCUT2D eigenvalue weighted by Crippen LogP contribution is -2.33. The van der Waals surface area contributed by atoms with E-state index in [0.717, 1.165) is 39.7 Å². The highest BCUT2D eigenvalue weighted by Crippen LogP contribution is 2.45. The average molecular weight is 505 g/mol. The van der Waals surface area contributed by atoms with Crippen molar-refractivity contribution >= 4 is 77.4 Å². The molecule has 3 rings (SSSR count). The van der Waals surface area contributed by atoms with Gasteiger partial charge < -0.3 is 4.90 Å². The maximum absolute atomic E-state index is 13.1. The summed E-state index contributed by atoms with van der Waals surface area (Å²) in [6.07, 6.45) is 1.74. The van der Waals surface area contributed by atoms with Crippen molar-refractivity contribution in [2.45, 2.75) is 19.8 Å². The zero-order valence-corrected chi connectivity index (χ0v) is 18.9. The molecule has 0 aromatic heterocycles. The molecular weight excluding hydrogens is 488 g/mol. The van der Waals surface area contributed by atoms with Crippen LogP contribution in [0.4, 0.5) is 5.69 Å². The quantitative estimate of drug-likeness (QED) is 0.361. The number of fused-ring (bicyclic) bond motifs is 1. The van der Waals surface area contributed by atoms with E-state index in [1.807, 2.05) is 19.1 Å². The molecule has 1 aromatic rings. The van der Waals surface area contributed by atoms with Crippen LogP contribution in [0.5, 0.6) is 0 Å². The van der Waals surface area contributed by atoms with Gasteiger partial charge >= 0.3 is 0 Å². The Morgan fingerprint density at radius 3 is 2.54 bits per heavy atom. The fourth-order valence-corrected chi connectivity index (χ4v) is 5.16. The van der Waals surface area contributed by atoms with Crippen LogP contribution >= 0.6 is 39.9 Å². The molecule has 1 fully saturated rings. The van der Waals surface area contributed by atoms with E-state index in [1.165, 1.54) is 0 Å². The third kappa shape index (κ3) is 4.18. The van der Waals surface area contributed by atoms with Crippen molar-refractivity contribution in [3.8, 4) is 0 Å². The van der Waals surface area contributed by atoms with Crippen LogP contribution in [-0.4, -0.2) is 52.8 Å². The molecule has 0 unspecified atom stereocenters. The number of hydrogen-bond acceptors (Lipinski definition) is 6. The lowest BCUT2D eigenvalue weighted by atomic mass is 10.1. The van der Waals surface area contributed by atoms with Crippen molar-refractivity contribution < 1.29 is 22.6 Å². The SMILES string of the molecule is CCCCN1C(=O)/C(=C2\SC(=S)N(CCS(=O)(=O)O)C2=O)c2cc(Br)ccc21. The average Bonchev–Trinajstić information content (AvgIpc) is 3.03. The summed E-state index contributed by atoms with van der Waals surface area (Å²) in [5.74, 6) is -1.41. The normalized spacial score (nSPS) is 19.8. The maximum atomic E-state index is 13.1. The highest BCUT2D eigenvalue weighted by atomic mass is 79.9. The molecule has 2 aliphatic rings. The van der Waals surface area contributed by atoms with E-state index in [9.17, 15) is 18.0 Å². The number of benzene rings is 1. The zero-order chi connectivity index (χ0) is 20.6. The molecule has 0 saturated carbocycles. The minimum Gasteiger partial charge on any atom is -0.308 e. The van der Waals surface area contributed by atoms with Gasteiger partial charge in [0, 0.05) is 23.1 Å². The molecule has 0 bridgehead atoms. The van der Waals surface area contributed by atoms with Crippen molar-refractivity contribution in [1.82, 2.24) is 4.90 Å². The number of rotatable bonds is 6. The standard InChI is InChI=1S/C17H17BrN2O5S3/c1-2-3-6-19-12-5-4-10(18)9-11(12)13(15(19)21)14-16(22)20(17(26)27-14)7-8-28(23,24)25/h4-5,9H,2-3,6-8H2,1H3,(H,23,24,25)/b14-13-. The Morgan fingerprint density at radius 1 is 1.18 bits per heavy atom. The largest absolute Gasteiger partial charge is 0.308 e. The molecule has 1 saturated heterocycles. The summed E-state index contributed by atoms with van der Waals surface area (Å²) in [6, 6.07) is 5.46. The molecule has 1 aromatic carbocycles. The molecule has 0 radical (unpaired) electrons. The second kappa shape index (κ2) is 8.23. The van der Waals surface area contributed by atoms with E-state index >= 15 is 0 Å². The van der Waals surface area contributed by atoms with Crippen molar-refractivity contribution in [3.05, 3.63) is 33.1 Å². The first-order chi connectivity index (χ1) is 13.1. The van der Waals surface area contributed by atoms with Crippen LogP contribution in [-0.2, 0) is 19.7 Å². The van der Waals surface area contributed by atoms with E-state index in [0.29, 0.717) is 12.1 Å². The lowest BCUT2D eigenvalue weighted by Gasteiger charge is -2.16. The number of hydrogen-bond donors (Lipinski definition) is 1. The summed E-state index contributed by atoms with van der Waals surface area (Å²) in [5, 5.41) is 0. The fourth-order valence-electron chi connectivity index (χ4n) is 3.01. The van der Waals surface area contributed by atoms with Gasteiger partial charge in [-0.1, -0.05) is 53.3 Å². The Bertz CT molecular complexity index is 1010. The number of carbonyl (C=O) groups excluding carboxylic acids is 2. The molecule has 0 aliphatic carbocycles. The van der Waals surface area contributed by atoms with Gasteiger partial charge in [-0.05, 0) is 24.6 Å². The second-order valence-corrected chi connectivity index (χ2v) is 10.4. The first-order valence-corrected chi connectivity index (χ1v) is 12.1. The van der Waals surface area contributed by atoms with Gasteiger partial charge in [0.05, 0.1) is 21.9 Å². The van der Waals surface area contributed by atoms with Gasteiger partial charge in [0.1, 0.15) is 4.32 Å².